The van der Waals surface area contributed by atoms with E-state index < -0.39 is 16.4 Å². The second-order valence-electron chi connectivity index (χ2n) is 24.0. The van der Waals surface area contributed by atoms with Gasteiger partial charge in [0.05, 0.1) is 18.2 Å². The summed E-state index contributed by atoms with van der Waals surface area (Å²) in [6.45, 7) is 12.8. The van der Waals surface area contributed by atoms with Crippen LogP contribution in [0, 0.1) is 80.3 Å². The number of nitrogens with zero attached hydrogens (tertiary/aromatic N) is 1. The van der Waals surface area contributed by atoms with Crippen LogP contribution in [-0.2, 0) is 9.53 Å². The maximum absolute atomic E-state index is 15.1. The zero-order valence-corrected chi connectivity index (χ0v) is 36.4. The van der Waals surface area contributed by atoms with Crippen LogP contribution < -0.4 is 0 Å². The Labute approximate surface area is 344 Å². The van der Waals surface area contributed by atoms with Crippen LogP contribution in [0.1, 0.15) is 169 Å². The first kappa shape index (κ1) is 39.5. The smallest absolute Gasteiger partial charge is 0.410 e. The van der Waals surface area contributed by atoms with Gasteiger partial charge in [-0.3, -0.25) is 4.79 Å². The SMILES string of the molecule is CC(C)[C@H]1CC[C@H](C)C[C@@H]1OC(=O)N(CC12CC3CC(CC(C3)C1)C2)C[C@]1(O)CC[C@H]2[C@]34C=C[C@@]5(C=C3C(=O)C3CCCCC3)CC(O)CC[C@]5(C)[C@H]4CC[C@@]21C. The van der Waals surface area contributed by atoms with Crippen molar-refractivity contribution in [3.63, 3.8) is 0 Å². The van der Waals surface area contributed by atoms with Gasteiger partial charge >= 0.3 is 6.09 Å². The third kappa shape index (κ3) is 5.86. The number of fused-ring (bicyclic) bond motifs is 1. The van der Waals surface area contributed by atoms with Crippen LogP contribution in [-0.4, -0.2) is 57.9 Å². The standard InChI is InChI=1S/C51H77NO5/c1-32(2)39-12-11-33(3)21-41(39)57-45(55)52(30-48-25-34-22-35(26-48)24-36(23-34)27-48)31-50(56)18-15-43-47(50,5)17-14-42-46(4)16-13-38(53)28-49(46)19-20-51(42,43)40(29-49)44(54)37-9-7-6-8-10-37/h19-20,29,32-39,41-43,53,56H,6-18,21-28,30-31H2,1-5H3/t33-,34?,35?,36?,38?,39+,41-,42+,43+,46+,47-,48?,49-,50+,51+/m0/s1. The van der Waals surface area contributed by atoms with Crippen molar-refractivity contribution in [1.82, 2.24) is 4.90 Å². The Bertz CT molecular complexity index is 1640. The predicted molar refractivity (Wildman–Crippen MR) is 224 cm³/mol. The highest BCUT2D eigenvalue weighted by Crippen LogP contribution is 2.78. The van der Waals surface area contributed by atoms with Crippen molar-refractivity contribution in [2.75, 3.05) is 13.1 Å². The number of ether oxygens (including phenoxy) is 1. The molecule has 2 N–H and O–H groups in total. The van der Waals surface area contributed by atoms with E-state index in [-0.39, 0.29) is 46.4 Å². The van der Waals surface area contributed by atoms with E-state index in [4.69, 9.17) is 4.74 Å². The summed E-state index contributed by atoms with van der Waals surface area (Å²) >= 11 is 0. The first-order valence-electron chi connectivity index (χ1n) is 24.5. The Morgan fingerprint density at radius 3 is 2.12 bits per heavy atom. The number of amides is 1. The van der Waals surface area contributed by atoms with Crippen molar-refractivity contribution in [2.45, 2.75) is 187 Å². The monoisotopic (exact) mass is 784 g/mol. The van der Waals surface area contributed by atoms with E-state index in [1.165, 1.54) is 51.4 Å². The van der Waals surface area contributed by atoms with Gasteiger partial charge in [-0.1, -0.05) is 78.5 Å². The molecule has 0 radical (unpaired) electrons. The summed E-state index contributed by atoms with van der Waals surface area (Å²) in [5, 5.41) is 24.7. The molecular formula is C51H77NO5. The topological polar surface area (TPSA) is 87.1 Å². The number of aliphatic hydroxyl groups is 2. The summed E-state index contributed by atoms with van der Waals surface area (Å²) in [4.78, 5) is 32.2. The molecule has 12 aliphatic rings. The van der Waals surface area contributed by atoms with Crippen molar-refractivity contribution in [3.05, 3.63) is 23.8 Å². The molecule has 11 atom stereocenters. The molecule has 9 fully saturated rings. The van der Waals surface area contributed by atoms with Crippen molar-refractivity contribution in [2.24, 2.45) is 80.3 Å². The minimum absolute atomic E-state index is 0.0300. The molecule has 316 valence electrons. The van der Waals surface area contributed by atoms with Crippen molar-refractivity contribution in [3.8, 4) is 0 Å². The van der Waals surface area contributed by atoms with Crippen LogP contribution in [0.25, 0.3) is 0 Å². The minimum atomic E-state index is -1.07. The van der Waals surface area contributed by atoms with E-state index in [0.717, 1.165) is 101 Å². The van der Waals surface area contributed by atoms with E-state index in [1.54, 1.807) is 0 Å². The molecule has 0 aliphatic heterocycles. The number of carbonyl (C=O) groups is 2. The summed E-state index contributed by atoms with van der Waals surface area (Å²) in [5.74, 6) is 4.64. The number of hydrogen-bond acceptors (Lipinski definition) is 5. The lowest BCUT2D eigenvalue weighted by molar-refractivity contribution is -0.180. The van der Waals surface area contributed by atoms with Gasteiger partial charge in [0.1, 0.15) is 6.10 Å². The highest BCUT2D eigenvalue weighted by molar-refractivity contribution is 6.00. The molecule has 12 rings (SSSR count). The van der Waals surface area contributed by atoms with Crippen LogP contribution in [0.2, 0.25) is 0 Å². The average molecular weight is 784 g/mol. The van der Waals surface area contributed by atoms with Crippen LogP contribution in [0.4, 0.5) is 4.79 Å². The zero-order chi connectivity index (χ0) is 39.8. The minimum Gasteiger partial charge on any atom is -0.446 e. The van der Waals surface area contributed by atoms with Crippen molar-refractivity contribution >= 4 is 11.9 Å². The van der Waals surface area contributed by atoms with Gasteiger partial charge in [-0.2, -0.15) is 0 Å². The molecule has 0 aromatic carbocycles. The highest BCUT2D eigenvalue weighted by Gasteiger charge is 2.75. The molecule has 0 heterocycles. The molecule has 6 heteroatoms. The molecular weight excluding hydrogens is 707 g/mol. The molecule has 9 saturated carbocycles. The van der Waals surface area contributed by atoms with E-state index in [0.29, 0.717) is 48.8 Å². The number of carbonyl (C=O) groups excluding carboxylic acids is 2. The maximum atomic E-state index is 15.1. The molecule has 6 bridgehead atoms. The Balaban J connectivity index is 1.00. The Morgan fingerprint density at radius 1 is 0.789 bits per heavy atom. The fourth-order valence-electron chi connectivity index (χ4n) is 18.0. The Morgan fingerprint density at radius 2 is 1.44 bits per heavy atom. The highest BCUT2D eigenvalue weighted by atomic mass is 16.6. The molecule has 1 amide bonds. The van der Waals surface area contributed by atoms with E-state index in [1.807, 2.05) is 0 Å². The van der Waals surface area contributed by atoms with Gasteiger partial charge < -0.3 is 19.8 Å². The van der Waals surface area contributed by atoms with Crippen LogP contribution in [0.5, 0.6) is 0 Å². The molecule has 12 aliphatic carbocycles. The Hall–Kier alpha value is -1.66. The van der Waals surface area contributed by atoms with Crippen molar-refractivity contribution < 1.29 is 24.5 Å². The number of hydrogen-bond donors (Lipinski definition) is 2. The lowest BCUT2D eigenvalue weighted by Gasteiger charge is -2.71. The second kappa shape index (κ2) is 13.7. The molecule has 0 aromatic rings. The normalized spacial score (nSPS) is 50.9. The van der Waals surface area contributed by atoms with Gasteiger partial charge in [0, 0.05) is 34.3 Å². The molecule has 0 aromatic heterocycles. The van der Waals surface area contributed by atoms with Gasteiger partial charge in [0.25, 0.3) is 0 Å². The van der Waals surface area contributed by atoms with Crippen molar-refractivity contribution in [1.29, 1.82) is 0 Å². The summed E-state index contributed by atoms with van der Waals surface area (Å²) in [6.07, 6.45) is 29.1. The quantitative estimate of drug-likeness (QED) is 0.239. The number of ketones is 1. The number of allylic oxidation sites excluding steroid dienone is 4. The van der Waals surface area contributed by atoms with E-state index >= 15 is 9.59 Å². The van der Waals surface area contributed by atoms with Gasteiger partial charge in [0.2, 0.25) is 0 Å². The fourth-order valence-corrected chi connectivity index (χ4v) is 18.0. The lowest BCUT2D eigenvalue weighted by Crippen LogP contribution is -2.68. The Kier molecular flexibility index (Phi) is 9.47. The van der Waals surface area contributed by atoms with Gasteiger partial charge in [-0.15, -0.1) is 0 Å². The zero-order valence-electron chi connectivity index (χ0n) is 36.4. The first-order chi connectivity index (χ1) is 27.1. The molecule has 6 nitrogen and oxygen atoms in total. The number of Topliss-reactive ketones (excluding diaryl/α,β-unsaturated/α-hetero) is 1. The summed E-state index contributed by atoms with van der Waals surface area (Å²) in [5.41, 5.74) is -1.08. The maximum Gasteiger partial charge on any atom is 0.410 e. The number of aliphatic hydroxyl groups excluding tert-OH is 1. The molecule has 1 unspecified atom stereocenters. The predicted octanol–water partition coefficient (Wildman–Crippen LogP) is 10.8. The number of rotatable bonds is 8. The van der Waals surface area contributed by atoms with Gasteiger partial charge in [-0.25, -0.2) is 4.79 Å². The van der Waals surface area contributed by atoms with E-state index in [9.17, 15) is 10.2 Å². The summed E-state index contributed by atoms with van der Waals surface area (Å²) in [7, 11) is 0. The summed E-state index contributed by atoms with van der Waals surface area (Å²) in [6, 6.07) is 0. The fraction of sp³-hybridized carbons (Fsp3) is 0.882. The largest absolute Gasteiger partial charge is 0.446 e. The average Bonchev–Trinajstić information content (AvgIpc) is 3.43. The summed E-state index contributed by atoms with van der Waals surface area (Å²) < 4.78 is 6.76. The third-order valence-corrected chi connectivity index (χ3v) is 20.6. The van der Waals surface area contributed by atoms with Crippen LogP contribution in [0.3, 0.4) is 0 Å². The molecule has 0 saturated heterocycles. The third-order valence-electron chi connectivity index (χ3n) is 20.6. The van der Waals surface area contributed by atoms with Gasteiger partial charge in [-0.05, 0) is 167 Å². The van der Waals surface area contributed by atoms with Gasteiger partial charge in [0.15, 0.2) is 5.78 Å². The first-order valence-corrected chi connectivity index (χ1v) is 24.5. The molecule has 2 spiro atoms. The van der Waals surface area contributed by atoms with Crippen LogP contribution in [0.15, 0.2) is 23.8 Å². The lowest BCUT2D eigenvalue weighted by atomic mass is 9.32. The second-order valence-corrected chi connectivity index (χ2v) is 24.0. The van der Waals surface area contributed by atoms with E-state index in [2.05, 4.69) is 57.7 Å². The van der Waals surface area contributed by atoms with Crippen LogP contribution >= 0.6 is 0 Å². The molecule has 57 heavy (non-hydrogen) atoms.